The lowest BCUT2D eigenvalue weighted by Gasteiger charge is -2.49. The highest BCUT2D eigenvalue weighted by atomic mass is 16.3. The van der Waals surface area contributed by atoms with E-state index in [1.54, 1.807) is 24.0 Å². The van der Waals surface area contributed by atoms with Gasteiger partial charge in [0.25, 0.3) is 5.91 Å². The first-order valence-corrected chi connectivity index (χ1v) is 14.1. The van der Waals surface area contributed by atoms with Gasteiger partial charge in [-0.25, -0.2) is 0 Å². The van der Waals surface area contributed by atoms with E-state index in [4.69, 9.17) is 10.8 Å². The average Bonchev–Trinajstić information content (AvgIpc) is 3.43. The zero-order chi connectivity index (χ0) is 27.3. The first kappa shape index (κ1) is 25.8. The van der Waals surface area contributed by atoms with E-state index in [-0.39, 0.29) is 42.5 Å². The van der Waals surface area contributed by atoms with Crippen LogP contribution in [0, 0.1) is 35.5 Å². The number of aliphatic hydroxyl groups excluding tert-OH is 1. The van der Waals surface area contributed by atoms with Gasteiger partial charge in [-0.1, -0.05) is 32.1 Å². The quantitative estimate of drug-likeness (QED) is 0.241. The number of fused-ring (bicyclic) bond motifs is 1. The molecule has 0 aromatic carbocycles. The van der Waals surface area contributed by atoms with Crippen molar-refractivity contribution >= 4 is 23.7 Å². The largest absolute Gasteiger partial charge is 0.386 e. The number of hydrogen-bond donors (Lipinski definition) is 8. The lowest BCUT2D eigenvalue weighted by molar-refractivity contribution is -0.131. The van der Waals surface area contributed by atoms with Crippen LogP contribution in [0.3, 0.4) is 0 Å². The summed E-state index contributed by atoms with van der Waals surface area (Å²) in [6, 6.07) is 1.62. The van der Waals surface area contributed by atoms with Crippen molar-refractivity contribution < 1.29 is 14.7 Å². The Morgan fingerprint density at radius 2 is 1.92 bits per heavy atom. The molecule has 2 amide bonds. The van der Waals surface area contributed by atoms with E-state index in [0.717, 1.165) is 19.3 Å². The van der Waals surface area contributed by atoms with Crippen molar-refractivity contribution in [2.75, 3.05) is 13.1 Å². The molecular formula is C26H38N10O3. The summed E-state index contributed by atoms with van der Waals surface area (Å²) in [6.07, 6.45) is 6.76. The number of carbonyl (C=O) groups excluding carboxylic acids is 2. The van der Waals surface area contributed by atoms with E-state index in [1.807, 2.05) is 0 Å². The summed E-state index contributed by atoms with van der Waals surface area (Å²) in [6.45, 7) is 2.14. The van der Waals surface area contributed by atoms with Crippen molar-refractivity contribution in [3.8, 4) is 0 Å². The molecule has 1 aromatic heterocycles. The van der Waals surface area contributed by atoms with Crippen LogP contribution in [0.1, 0.15) is 61.1 Å². The van der Waals surface area contributed by atoms with E-state index >= 15 is 0 Å². The predicted molar refractivity (Wildman–Crippen MR) is 142 cm³/mol. The third-order valence-electron chi connectivity index (χ3n) is 9.50. The molecule has 13 heteroatoms. The molecule has 3 aliphatic heterocycles. The Labute approximate surface area is 227 Å². The minimum Gasteiger partial charge on any atom is -0.386 e. The predicted octanol–water partition coefficient (Wildman–Crippen LogP) is -0.618. The Morgan fingerprint density at radius 1 is 1.13 bits per heavy atom. The van der Waals surface area contributed by atoms with Gasteiger partial charge < -0.3 is 36.6 Å². The Morgan fingerprint density at radius 3 is 2.72 bits per heavy atom. The third-order valence-corrected chi connectivity index (χ3v) is 9.50. The number of carbonyl (C=O) groups is 2. The molecule has 13 nitrogen and oxygen atoms in total. The number of guanidine groups is 2. The van der Waals surface area contributed by atoms with E-state index in [0.29, 0.717) is 17.5 Å². The fourth-order valence-electron chi connectivity index (χ4n) is 7.67. The number of rotatable bonds is 5. The van der Waals surface area contributed by atoms with Crippen LogP contribution < -0.4 is 26.6 Å². The normalized spacial score (nSPS) is 37.0. The van der Waals surface area contributed by atoms with Gasteiger partial charge in [0, 0.05) is 19.0 Å². The van der Waals surface area contributed by atoms with Gasteiger partial charge in [-0.05, 0) is 43.7 Å². The van der Waals surface area contributed by atoms with Crippen LogP contribution in [0.5, 0.6) is 0 Å². The third kappa shape index (κ3) is 4.36. The Bertz CT molecular complexity index is 1160. The minimum atomic E-state index is -1.21. The summed E-state index contributed by atoms with van der Waals surface area (Å²) in [7, 11) is 0. The van der Waals surface area contributed by atoms with Gasteiger partial charge in [-0.2, -0.15) is 5.10 Å². The number of aliphatic hydroxyl groups is 1. The van der Waals surface area contributed by atoms with E-state index in [1.165, 1.54) is 25.7 Å². The second kappa shape index (κ2) is 9.92. The highest BCUT2D eigenvalue weighted by molar-refractivity contribution is 5.92. The average molecular weight is 539 g/mol. The van der Waals surface area contributed by atoms with Crippen LogP contribution in [0.2, 0.25) is 0 Å². The van der Waals surface area contributed by atoms with Crippen LogP contribution in [0.4, 0.5) is 0 Å². The molecule has 5 fully saturated rings. The van der Waals surface area contributed by atoms with Crippen LogP contribution in [0.25, 0.3) is 0 Å². The molecule has 5 aliphatic rings. The number of nitrogens with zero attached hydrogens (tertiary/aromatic N) is 3. The maximum Gasteiger partial charge on any atom is 0.271 e. The van der Waals surface area contributed by atoms with E-state index in [2.05, 4.69) is 36.8 Å². The monoisotopic (exact) mass is 538 g/mol. The summed E-state index contributed by atoms with van der Waals surface area (Å²) in [5.41, 5.74) is -0.328. The molecule has 210 valence electrons. The molecule has 5 unspecified atom stereocenters. The SMILES string of the molecule is Cc1ccc(C(=O)NC[C@@H]2NC(=N)N3CC(NC(=O)C4CCCC5CCCCC54)[C@@H](O)C34NC(=N)N[C@@H]24)nn1. The summed E-state index contributed by atoms with van der Waals surface area (Å²) in [4.78, 5) is 27.9. The Kier molecular flexibility index (Phi) is 6.56. The molecule has 0 bridgehead atoms. The lowest BCUT2D eigenvalue weighted by Crippen LogP contribution is -2.78. The maximum absolute atomic E-state index is 13.5. The Hall–Kier alpha value is -3.48. The molecule has 1 aromatic rings. The molecule has 2 saturated carbocycles. The van der Waals surface area contributed by atoms with Crippen molar-refractivity contribution in [2.45, 2.75) is 81.8 Å². The summed E-state index contributed by atoms with van der Waals surface area (Å²) in [5, 5.41) is 51.8. The smallest absolute Gasteiger partial charge is 0.271 e. The van der Waals surface area contributed by atoms with Gasteiger partial charge in [0.05, 0.1) is 23.8 Å². The lowest BCUT2D eigenvalue weighted by atomic mass is 9.65. The van der Waals surface area contributed by atoms with Crippen LogP contribution in [-0.2, 0) is 4.79 Å². The molecule has 8 N–H and O–H groups in total. The van der Waals surface area contributed by atoms with Gasteiger partial charge in [0.2, 0.25) is 5.91 Å². The molecule has 6 rings (SSSR count). The van der Waals surface area contributed by atoms with Crippen LogP contribution >= 0.6 is 0 Å². The number of aromatic nitrogens is 2. The van der Waals surface area contributed by atoms with Crippen molar-refractivity contribution in [2.24, 2.45) is 17.8 Å². The van der Waals surface area contributed by atoms with Gasteiger partial charge in [0.15, 0.2) is 23.3 Å². The van der Waals surface area contributed by atoms with Crippen molar-refractivity contribution in [3.63, 3.8) is 0 Å². The van der Waals surface area contributed by atoms with Gasteiger partial charge >= 0.3 is 0 Å². The standard InChI is InChI=1S/C26H38N10O3/c1-13-9-10-17(35-34-13)23(39)29-11-18-20-26(33-24(27)32-20)21(37)19(12-36(26)25(28)31-18)30-22(38)16-8-4-6-14-5-2-3-7-15(14)16/h9-10,14-16,18-21,37H,2-8,11-12H2,1H3,(H2,28,31)(H,29,39)(H,30,38)(H3,27,32,33)/t14?,15?,16?,18-,19?,20-,21+,26?/m0/s1. The zero-order valence-corrected chi connectivity index (χ0v) is 22.2. The molecule has 3 saturated heterocycles. The highest BCUT2D eigenvalue weighted by Crippen LogP contribution is 2.44. The first-order chi connectivity index (χ1) is 18.8. The minimum absolute atomic E-state index is 0.00742. The van der Waals surface area contributed by atoms with Gasteiger partial charge in [-0.3, -0.25) is 20.4 Å². The second-order valence-electron chi connectivity index (χ2n) is 11.7. The summed E-state index contributed by atoms with van der Waals surface area (Å²) in [5.74, 6) is 0.652. The number of hydrogen-bond acceptors (Lipinski definition) is 7. The molecule has 2 aliphatic carbocycles. The van der Waals surface area contributed by atoms with E-state index in [9.17, 15) is 14.7 Å². The number of aryl methyl sites for hydroxylation is 1. The molecule has 1 spiro atoms. The fourth-order valence-corrected chi connectivity index (χ4v) is 7.67. The number of nitrogens with one attached hydrogen (secondary N) is 7. The highest BCUT2D eigenvalue weighted by Gasteiger charge is 2.66. The topological polar surface area (TPSA) is 191 Å². The van der Waals surface area contributed by atoms with E-state index < -0.39 is 35.8 Å². The van der Waals surface area contributed by atoms with Crippen LogP contribution in [-0.4, -0.2) is 86.9 Å². The summed E-state index contributed by atoms with van der Waals surface area (Å²) >= 11 is 0. The van der Waals surface area contributed by atoms with Crippen LogP contribution in [0.15, 0.2) is 12.1 Å². The van der Waals surface area contributed by atoms with Crippen molar-refractivity contribution in [1.82, 2.24) is 41.7 Å². The first-order valence-electron chi connectivity index (χ1n) is 14.1. The Balaban J connectivity index is 1.17. The fraction of sp³-hybridized carbons (Fsp3) is 0.692. The molecule has 39 heavy (non-hydrogen) atoms. The van der Waals surface area contributed by atoms with Crippen molar-refractivity contribution in [3.05, 3.63) is 23.5 Å². The van der Waals surface area contributed by atoms with Crippen molar-refractivity contribution in [1.29, 1.82) is 10.8 Å². The zero-order valence-electron chi connectivity index (χ0n) is 22.2. The summed E-state index contributed by atoms with van der Waals surface area (Å²) < 4.78 is 0. The van der Waals surface area contributed by atoms with Gasteiger partial charge in [-0.15, -0.1) is 5.10 Å². The molecule has 8 atom stereocenters. The van der Waals surface area contributed by atoms with Gasteiger partial charge in [0.1, 0.15) is 6.10 Å². The number of amides is 2. The molecular weight excluding hydrogens is 500 g/mol. The molecule has 4 heterocycles. The second-order valence-corrected chi connectivity index (χ2v) is 11.7. The maximum atomic E-state index is 13.5. The molecule has 0 radical (unpaired) electrons.